The molecule has 0 spiro atoms. The molecule has 0 aliphatic carbocycles. The van der Waals surface area contributed by atoms with Crippen LogP contribution in [-0.2, 0) is 19.4 Å². The molecule has 8 heteroatoms. The van der Waals surface area contributed by atoms with Crippen LogP contribution in [-0.4, -0.2) is 62.8 Å². The van der Waals surface area contributed by atoms with Crippen molar-refractivity contribution >= 4 is 33.0 Å². The van der Waals surface area contributed by atoms with E-state index in [9.17, 15) is 18.0 Å². The van der Waals surface area contributed by atoms with Gasteiger partial charge in [0.1, 0.15) is 0 Å². The highest BCUT2D eigenvalue weighted by molar-refractivity contribution is 7.91. The Bertz CT molecular complexity index is 1080. The number of amides is 2. The summed E-state index contributed by atoms with van der Waals surface area (Å²) in [6.45, 7) is 5.97. The Kier molecular flexibility index (Phi) is 7.36. The molecule has 2 aromatic carbocycles. The van der Waals surface area contributed by atoms with Gasteiger partial charge in [0.05, 0.1) is 30.6 Å². The lowest BCUT2D eigenvalue weighted by Gasteiger charge is -2.30. The maximum atomic E-state index is 13.2. The van der Waals surface area contributed by atoms with Crippen molar-refractivity contribution < 1.29 is 18.0 Å². The van der Waals surface area contributed by atoms with Gasteiger partial charge in [-0.3, -0.25) is 14.5 Å². The van der Waals surface area contributed by atoms with Crippen molar-refractivity contribution in [1.82, 2.24) is 4.90 Å². The van der Waals surface area contributed by atoms with Crippen LogP contribution in [0.15, 0.2) is 42.5 Å². The van der Waals surface area contributed by atoms with Crippen molar-refractivity contribution in [3.8, 4) is 0 Å². The molecule has 0 saturated carbocycles. The number of sulfone groups is 1. The van der Waals surface area contributed by atoms with Gasteiger partial charge < -0.3 is 10.2 Å². The van der Waals surface area contributed by atoms with E-state index in [1.54, 1.807) is 29.0 Å². The topological polar surface area (TPSA) is 86.8 Å². The minimum atomic E-state index is -3.15. The van der Waals surface area contributed by atoms with Crippen molar-refractivity contribution in [2.24, 2.45) is 0 Å². The Balaban J connectivity index is 1.68. The molecule has 2 aromatic rings. The molecule has 1 atom stereocenters. The standard InChI is InChI=1S/C24H31N3O4S/c1-17-12-18(2)24(19(3)13-17)25-22(28)14-26(4)15-23(29)27(20-8-6-5-7-9-20)21-10-11-32(30,31)16-21/h5-9,12-13,21H,10-11,14-16H2,1-4H3,(H,25,28). The molecule has 0 bridgehead atoms. The number of carbonyl (C=O) groups is 2. The van der Waals surface area contributed by atoms with Crippen LogP contribution in [0.2, 0.25) is 0 Å². The summed E-state index contributed by atoms with van der Waals surface area (Å²) in [5, 5.41) is 2.95. The summed E-state index contributed by atoms with van der Waals surface area (Å²) < 4.78 is 24.0. The summed E-state index contributed by atoms with van der Waals surface area (Å²) in [6.07, 6.45) is 0.416. The monoisotopic (exact) mass is 457 g/mol. The van der Waals surface area contributed by atoms with Gasteiger partial charge in [-0.25, -0.2) is 8.42 Å². The van der Waals surface area contributed by atoms with Gasteiger partial charge in [-0.05, 0) is 57.5 Å². The van der Waals surface area contributed by atoms with Gasteiger partial charge in [-0.1, -0.05) is 35.9 Å². The minimum Gasteiger partial charge on any atom is -0.324 e. The fourth-order valence-corrected chi connectivity index (χ4v) is 5.99. The van der Waals surface area contributed by atoms with Crippen LogP contribution in [0.4, 0.5) is 11.4 Å². The third-order valence-electron chi connectivity index (χ3n) is 5.64. The number of anilines is 2. The average Bonchev–Trinajstić information content (AvgIpc) is 3.04. The number of hydrogen-bond acceptors (Lipinski definition) is 5. The van der Waals surface area contributed by atoms with Crippen molar-refractivity contribution in [3.05, 3.63) is 59.2 Å². The van der Waals surface area contributed by atoms with E-state index >= 15 is 0 Å². The predicted octanol–water partition coefficient (Wildman–Crippen LogP) is 2.70. The lowest BCUT2D eigenvalue weighted by molar-refractivity contribution is -0.121. The molecule has 0 aromatic heterocycles. The Morgan fingerprint density at radius 1 is 1.03 bits per heavy atom. The molecule has 1 fully saturated rings. The number of benzene rings is 2. The molecular formula is C24H31N3O4S. The van der Waals surface area contributed by atoms with Gasteiger partial charge in [0, 0.05) is 11.4 Å². The van der Waals surface area contributed by atoms with E-state index in [1.807, 2.05) is 51.1 Å². The summed E-state index contributed by atoms with van der Waals surface area (Å²) in [7, 11) is -1.44. The van der Waals surface area contributed by atoms with Gasteiger partial charge in [0.25, 0.3) is 0 Å². The Labute approximate surface area is 190 Å². The first-order chi connectivity index (χ1) is 15.1. The molecular weight excluding hydrogens is 426 g/mol. The summed E-state index contributed by atoms with van der Waals surface area (Å²) in [4.78, 5) is 29.0. The summed E-state index contributed by atoms with van der Waals surface area (Å²) >= 11 is 0. The fourth-order valence-electron chi connectivity index (χ4n) is 4.29. The van der Waals surface area contributed by atoms with Gasteiger partial charge in [0.2, 0.25) is 11.8 Å². The van der Waals surface area contributed by atoms with Gasteiger partial charge in [0.15, 0.2) is 9.84 Å². The normalized spacial score (nSPS) is 17.3. The van der Waals surface area contributed by atoms with Crippen LogP contribution in [0.5, 0.6) is 0 Å². The van der Waals surface area contributed by atoms with E-state index in [1.165, 1.54) is 0 Å². The van der Waals surface area contributed by atoms with Gasteiger partial charge in [-0.15, -0.1) is 0 Å². The Morgan fingerprint density at radius 3 is 2.22 bits per heavy atom. The quantitative estimate of drug-likeness (QED) is 0.691. The number of aryl methyl sites for hydroxylation is 3. The molecule has 1 aliphatic rings. The number of likely N-dealkylation sites (N-methyl/N-ethyl adjacent to an activating group) is 1. The zero-order valence-corrected chi connectivity index (χ0v) is 19.9. The second-order valence-electron chi connectivity index (χ2n) is 8.65. The van der Waals surface area contributed by atoms with Crippen molar-refractivity contribution in [2.75, 3.05) is 41.9 Å². The van der Waals surface area contributed by atoms with E-state index in [4.69, 9.17) is 0 Å². The van der Waals surface area contributed by atoms with Gasteiger partial charge >= 0.3 is 0 Å². The highest BCUT2D eigenvalue weighted by Crippen LogP contribution is 2.25. The van der Waals surface area contributed by atoms with Crippen molar-refractivity contribution in [3.63, 3.8) is 0 Å². The SMILES string of the molecule is Cc1cc(C)c(NC(=O)CN(C)CC(=O)N(c2ccccc2)C2CCS(=O)(=O)C2)c(C)c1. The molecule has 1 aliphatic heterocycles. The van der Waals surface area contributed by atoms with E-state index < -0.39 is 15.9 Å². The van der Waals surface area contributed by atoms with E-state index in [2.05, 4.69) is 5.32 Å². The van der Waals surface area contributed by atoms with Crippen LogP contribution in [0.3, 0.4) is 0 Å². The number of rotatable bonds is 7. The molecule has 1 unspecified atom stereocenters. The van der Waals surface area contributed by atoms with Crippen molar-refractivity contribution in [2.45, 2.75) is 33.2 Å². The number of para-hydroxylation sites is 1. The molecule has 32 heavy (non-hydrogen) atoms. The number of hydrogen-bond donors (Lipinski definition) is 1. The molecule has 2 amide bonds. The first kappa shape index (κ1) is 23.9. The summed E-state index contributed by atoms with van der Waals surface area (Å²) in [5.41, 5.74) is 4.58. The second kappa shape index (κ2) is 9.83. The fraction of sp³-hybridized carbons (Fsp3) is 0.417. The minimum absolute atomic E-state index is 0.00469. The Morgan fingerprint density at radius 2 is 1.66 bits per heavy atom. The third kappa shape index (κ3) is 5.95. The highest BCUT2D eigenvalue weighted by Gasteiger charge is 2.35. The first-order valence-electron chi connectivity index (χ1n) is 10.7. The summed E-state index contributed by atoms with van der Waals surface area (Å²) in [6, 6.07) is 12.7. The predicted molar refractivity (Wildman–Crippen MR) is 128 cm³/mol. The molecule has 3 rings (SSSR count). The van der Waals surface area contributed by atoms with Crippen LogP contribution in [0.25, 0.3) is 0 Å². The molecule has 1 saturated heterocycles. The summed E-state index contributed by atoms with van der Waals surface area (Å²) in [5.74, 6) is -0.382. The maximum absolute atomic E-state index is 13.2. The van der Waals surface area contributed by atoms with Crippen molar-refractivity contribution in [1.29, 1.82) is 0 Å². The zero-order chi connectivity index (χ0) is 23.5. The molecule has 0 radical (unpaired) electrons. The zero-order valence-electron chi connectivity index (χ0n) is 19.1. The maximum Gasteiger partial charge on any atom is 0.241 e. The van der Waals surface area contributed by atoms with E-state index in [0.717, 1.165) is 22.4 Å². The number of carbonyl (C=O) groups excluding carboxylic acids is 2. The first-order valence-corrected chi connectivity index (χ1v) is 12.5. The third-order valence-corrected chi connectivity index (χ3v) is 7.39. The number of nitrogens with zero attached hydrogens (tertiary/aromatic N) is 2. The van der Waals surface area contributed by atoms with Crippen LogP contribution in [0.1, 0.15) is 23.1 Å². The second-order valence-corrected chi connectivity index (χ2v) is 10.9. The highest BCUT2D eigenvalue weighted by atomic mass is 32.2. The number of nitrogens with one attached hydrogen (secondary N) is 1. The van der Waals surface area contributed by atoms with Crippen LogP contribution >= 0.6 is 0 Å². The van der Waals surface area contributed by atoms with Crippen LogP contribution in [0, 0.1) is 20.8 Å². The molecule has 7 nitrogen and oxygen atoms in total. The lowest BCUT2D eigenvalue weighted by atomic mass is 10.1. The van der Waals surface area contributed by atoms with E-state index in [0.29, 0.717) is 12.1 Å². The van der Waals surface area contributed by atoms with Crippen LogP contribution < -0.4 is 10.2 Å². The molecule has 172 valence electrons. The Hall–Kier alpha value is -2.71. The lowest BCUT2D eigenvalue weighted by Crippen LogP contribution is -2.47. The molecule has 1 N–H and O–H groups in total. The molecule has 1 heterocycles. The van der Waals surface area contributed by atoms with E-state index in [-0.39, 0.29) is 36.4 Å². The largest absolute Gasteiger partial charge is 0.324 e. The average molecular weight is 458 g/mol. The van der Waals surface area contributed by atoms with Gasteiger partial charge in [-0.2, -0.15) is 0 Å². The smallest absolute Gasteiger partial charge is 0.241 e.